The van der Waals surface area contributed by atoms with Crippen LogP contribution in [0, 0.1) is 11.6 Å². The molecule has 5 nitrogen and oxygen atoms in total. The molecule has 0 fully saturated rings. The molecule has 0 aliphatic carbocycles. The number of fused-ring (bicyclic) bond motifs is 1. The van der Waals surface area contributed by atoms with Crippen molar-refractivity contribution < 1.29 is 18.3 Å². The molecule has 3 rings (SSSR count). The fourth-order valence-corrected chi connectivity index (χ4v) is 2.88. The number of hydrogen-bond acceptors (Lipinski definition) is 3. The van der Waals surface area contributed by atoms with E-state index < -0.39 is 11.6 Å². The van der Waals surface area contributed by atoms with Crippen molar-refractivity contribution in [2.24, 2.45) is 0 Å². The fourth-order valence-electron chi connectivity index (χ4n) is 2.88. The molecule has 3 aromatic rings. The molecule has 0 aliphatic rings. The first kappa shape index (κ1) is 19.5. The average Bonchev–Trinajstić information content (AvgIpc) is 2.69. The van der Waals surface area contributed by atoms with E-state index in [1.54, 1.807) is 12.4 Å². The summed E-state index contributed by atoms with van der Waals surface area (Å²) in [7, 11) is 0. The second-order valence-electron chi connectivity index (χ2n) is 6.37. The van der Waals surface area contributed by atoms with Gasteiger partial charge in [0.1, 0.15) is 12.4 Å². The summed E-state index contributed by atoms with van der Waals surface area (Å²) < 4.78 is 31.8. The van der Waals surface area contributed by atoms with Crippen LogP contribution in [0.15, 0.2) is 54.9 Å². The predicted molar refractivity (Wildman–Crippen MR) is 104 cm³/mol. The number of nitrogens with zero attached hydrogens (tertiary/aromatic N) is 1. The van der Waals surface area contributed by atoms with Crippen LogP contribution in [0.2, 0.25) is 0 Å². The molecule has 0 bridgehead atoms. The van der Waals surface area contributed by atoms with Gasteiger partial charge in [-0.2, -0.15) is 0 Å². The van der Waals surface area contributed by atoms with Crippen LogP contribution in [-0.4, -0.2) is 23.7 Å². The molecule has 0 unspecified atom stereocenters. The SMILES string of the molecule is CCC[C@@H](COc1ccc(F)c(F)c1)NC(=O)Nc1cccc2cnccc12. The molecule has 2 N–H and O–H groups in total. The van der Waals surface area contributed by atoms with Gasteiger partial charge in [-0.05, 0) is 30.7 Å². The Morgan fingerprint density at radius 2 is 2.04 bits per heavy atom. The van der Waals surface area contributed by atoms with Gasteiger partial charge in [0.25, 0.3) is 0 Å². The zero-order chi connectivity index (χ0) is 19.9. The molecule has 2 amide bonds. The summed E-state index contributed by atoms with van der Waals surface area (Å²) in [6.45, 7) is 2.13. The zero-order valence-corrected chi connectivity index (χ0v) is 15.4. The van der Waals surface area contributed by atoms with Crippen molar-refractivity contribution in [3.05, 3.63) is 66.5 Å². The van der Waals surface area contributed by atoms with Crippen molar-refractivity contribution in [1.82, 2.24) is 10.3 Å². The summed E-state index contributed by atoms with van der Waals surface area (Å²) in [5.74, 6) is -1.69. The molecule has 0 radical (unpaired) electrons. The Hall–Kier alpha value is -3.22. The van der Waals surface area contributed by atoms with E-state index >= 15 is 0 Å². The van der Waals surface area contributed by atoms with Crippen molar-refractivity contribution in [1.29, 1.82) is 0 Å². The minimum atomic E-state index is -0.972. The third-order valence-corrected chi connectivity index (χ3v) is 4.24. The number of ether oxygens (including phenoxy) is 1. The normalized spacial score (nSPS) is 11.8. The summed E-state index contributed by atoms with van der Waals surface area (Å²) in [5.41, 5.74) is 0.675. The number of pyridine rings is 1. The third-order valence-electron chi connectivity index (χ3n) is 4.24. The maximum Gasteiger partial charge on any atom is 0.319 e. The molecule has 0 saturated heterocycles. The van der Waals surface area contributed by atoms with E-state index in [1.807, 2.05) is 31.2 Å². The summed E-state index contributed by atoms with van der Waals surface area (Å²) in [6, 6.07) is 10.1. The number of halogens is 2. The van der Waals surface area contributed by atoms with E-state index in [9.17, 15) is 13.6 Å². The lowest BCUT2D eigenvalue weighted by Crippen LogP contribution is -2.41. The number of carbonyl (C=O) groups is 1. The van der Waals surface area contributed by atoms with Crippen molar-refractivity contribution in [2.45, 2.75) is 25.8 Å². The van der Waals surface area contributed by atoms with E-state index in [0.717, 1.165) is 29.3 Å². The van der Waals surface area contributed by atoms with Crippen molar-refractivity contribution in [2.75, 3.05) is 11.9 Å². The van der Waals surface area contributed by atoms with E-state index in [4.69, 9.17) is 4.74 Å². The highest BCUT2D eigenvalue weighted by atomic mass is 19.2. The average molecular weight is 385 g/mol. The fraction of sp³-hybridized carbons (Fsp3) is 0.238. The largest absolute Gasteiger partial charge is 0.491 e. The molecule has 1 aromatic heterocycles. The van der Waals surface area contributed by atoms with Gasteiger partial charge in [0.15, 0.2) is 11.6 Å². The Labute approximate surface area is 161 Å². The van der Waals surface area contributed by atoms with E-state index in [0.29, 0.717) is 12.1 Å². The van der Waals surface area contributed by atoms with Gasteiger partial charge < -0.3 is 15.4 Å². The number of amides is 2. The topological polar surface area (TPSA) is 63.2 Å². The van der Waals surface area contributed by atoms with Crippen LogP contribution in [0.25, 0.3) is 10.8 Å². The van der Waals surface area contributed by atoms with Crippen LogP contribution in [0.3, 0.4) is 0 Å². The van der Waals surface area contributed by atoms with E-state index in [2.05, 4.69) is 15.6 Å². The zero-order valence-electron chi connectivity index (χ0n) is 15.4. The molecule has 0 spiro atoms. The van der Waals surface area contributed by atoms with Gasteiger partial charge in [-0.15, -0.1) is 0 Å². The molecule has 1 atom stereocenters. The Kier molecular flexibility index (Phi) is 6.37. The van der Waals surface area contributed by atoms with Crippen molar-refractivity contribution in [3.63, 3.8) is 0 Å². The predicted octanol–water partition coefficient (Wildman–Crippen LogP) is 4.88. The van der Waals surface area contributed by atoms with E-state index in [1.165, 1.54) is 6.07 Å². The highest BCUT2D eigenvalue weighted by Gasteiger charge is 2.14. The monoisotopic (exact) mass is 385 g/mol. The Morgan fingerprint density at radius 3 is 2.82 bits per heavy atom. The number of anilines is 1. The van der Waals surface area contributed by atoms with Gasteiger partial charge in [-0.25, -0.2) is 13.6 Å². The summed E-state index contributed by atoms with van der Waals surface area (Å²) in [6.07, 6.45) is 4.90. The molecule has 0 saturated carbocycles. The highest BCUT2D eigenvalue weighted by molar-refractivity contribution is 6.01. The maximum atomic E-state index is 13.3. The van der Waals surface area contributed by atoms with E-state index in [-0.39, 0.29) is 24.4 Å². The van der Waals surface area contributed by atoms with Crippen LogP contribution in [0.5, 0.6) is 5.75 Å². The summed E-state index contributed by atoms with van der Waals surface area (Å²) >= 11 is 0. The smallest absolute Gasteiger partial charge is 0.319 e. The van der Waals surface area contributed by atoms with Gasteiger partial charge in [-0.3, -0.25) is 4.98 Å². The molecular formula is C21H21F2N3O2. The minimum absolute atomic E-state index is 0.145. The number of carbonyl (C=O) groups excluding carboxylic acids is 1. The molecular weight excluding hydrogens is 364 g/mol. The Balaban J connectivity index is 1.62. The number of aromatic nitrogens is 1. The van der Waals surface area contributed by atoms with Crippen molar-refractivity contribution in [3.8, 4) is 5.75 Å². The lowest BCUT2D eigenvalue weighted by molar-refractivity contribution is 0.229. The lowest BCUT2D eigenvalue weighted by Gasteiger charge is -2.19. The molecule has 7 heteroatoms. The third kappa shape index (κ3) is 4.94. The lowest BCUT2D eigenvalue weighted by atomic mass is 10.1. The number of nitrogens with one attached hydrogen (secondary N) is 2. The molecule has 146 valence electrons. The molecule has 2 aromatic carbocycles. The first-order chi connectivity index (χ1) is 13.6. The van der Waals surface area contributed by atoms with Gasteiger partial charge in [0.05, 0.1) is 11.7 Å². The summed E-state index contributed by atoms with van der Waals surface area (Å²) in [4.78, 5) is 16.5. The van der Waals surface area contributed by atoms with Gasteiger partial charge >= 0.3 is 6.03 Å². The standard InChI is InChI=1S/C21H21F2N3O2/c1-2-4-15(13-28-16-7-8-18(22)19(23)11-16)25-21(27)26-20-6-3-5-14-12-24-10-9-17(14)20/h3,5-12,15H,2,4,13H2,1H3,(H2,25,26,27)/t15-/m0/s1. The number of hydrogen-bond donors (Lipinski definition) is 2. The first-order valence-electron chi connectivity index (χ1n) is 9.05. The maximum absolute atomic E-state index is 13.3. The van der Waals surface area contributed by atoms with Gasteiger partial charge in [0, 0.05) is 29.2 Å². The highest BCUT2D eigenvalue weighted by Crippen LogP contribution is 2.22. The van der Waals surface area contributed by atoms with Crippen LogP contribution in [0.4, 0.5) is 19.3 Å². The van der Waals surface area contributed by atoms with Crippen LogP contribution in [-0.2, 0) is 0 Å². The Bertz CT molecular complexity index is 960. The molecule has 1 heterocycles. The molecule has 28 heavy (non-hydrogen) atoms. The minimum Gasteiger partial charge on any atom is -0.491 e. The molecule has 0 aliphatic heterocycles. The van der Waals surface area contributed by atoms with Crippen LogP contribution in [0.1, 0.15) is 19.8 Å². The van der Waals surface area contributed by atoms with Crippen LogP contribution < -0.4 is 15.4 Å². The second kappa shape index (κ2) is 9.12. The number of rotatable bonds is 7. The number of benzene rings is 2. The van der Waals surface area contributed by atoms with Gasteiger partial charge in [-0.1, -0.05) is 25.5 Å². The first-order valence-corrected chi connectivity index (χ1v) is 9.05. The summed E-state index contributed by atoms with van der Waals surface area (Å²) in [5, 5.41) is 7.52. The number of urea groups is 1. The second-order valence-corrected chi connectivity index (χ2v) is 6.37. The van der Waals surface area contributed by atoms with Gasteiger partial charge in [0.2, 0.25) is 0 Å². The quantitative estimate of drug-likeness (QED) is 0.609. The Morgan fingerprint density at radius 1 is 1.18 bits per heavy atom. The van der Waals surface area contributed by atoms with Crippen molar-refractivity contribution >= 4 is 22.5 Å². The van der Waals surface area contributed by atoms with Crippen LogP contribution >= 0.6 is 0 Å².